The highest BCUT2D eigenvalue weighted by atomic mass is 16.5. The molecule has 1 aliphatic heterocycles. The van der Waals surface area contributed by atoms with Gasteiger partial charge < -0.3 is 14.5 Å². The Labute approximate surface area is 93.0 Å². The van der Waals surface area contributed by atoms with Crippen molar-refractivity contribution in [2.24, 2.45) is 0 Å². The number of aliphatic hydroxyl groups excluding tert-OH is 1. The van der Waals surface area contributed by atoms with Crippen LogP contribution in [0, 0.1) is 0 Å². The zero-order valence-electron chi connectivity index (χ0n) is 8.93. The summed E-state index contributed by atoms with van der Waals surface area (Å²) < 4.78 is 5.14. The molecular formula is C11H14N2O3. The largest absolute Gasteiger partial charge is 0.391 e. The van der Waals surface area contributed by atoms with E-state index in [1.165, 1.54) is 0 Å². The summed E-state index contributed by atoms with van der Waals surface area (Å²) in [4.78, 5) is 13.6. The summed E-state index contributed by atoms with van der Waals surface area (Å²) in [6, 6.07) is 1.74. The fourth-order valence-electron chi connectivity index (χ4n) is 2.04. The SMILES string of the molecule is O=C(c1cc(C2CC2)on1)N1CCC(O)C1. The third-order valence-corrected chi connectivity index (χ3v) is 3.18. The molecule has 1 saturated heterocycles. The number of hydrogen-bond donors (Lipinski definition) is 1. The fraction of sp³-hybridized carbons (Fsp3) is 0.636. The van der Waals surface area contributed by atoms with Crippen LogP contribution in [0.4, 0.5) is 0 Å². The highest BCUT2D eigenvalue weighted by Crippen LogP contribution is 2.40. The first-order valence-electron chi connectivity index (χ1n) is 5.68. The first kappa shape index (κ1) is 9.84. The lowest BCUT2D eigenvalue weighted by atomic mass is 10.2. The van der Waals surface area contributed by atoms with Crippen LogP contribution in [-0.4, -0.2) is 40.3 Å². The Kier molecular flexibility index (Phi) is 2.21. The number of amides is 1. The monoisotopic (exact) mass is 222 g/mol. The summed E-state index contributed by atoms with van der Waals surface area (Å²) in [7, 11) is 0. The first-order chi connectivity index (χ1) is 7.74. The summed E-state index contributed by atoms with van der Waals surface area (Å²) in [6.07, 6.45) is 2.52. The predicted molar refractivity (Wildman–Crippen MR) is 55.0 cm³/mol. The molecule has 1 unspecified atom stereocenters. The lowest BCUT2D eigenvalue weighted by molar-refractivity contribution is 0.0754. The molecule has 0 bridgehead atoms. The standard InChI is InChI=1S/C11H14N2O3/c14-8-3-4-13(6-8)11(15)9-5-10(16-12-9)7-1-2-7/h5,7-8,14H,1-4,6H2. The van der Waals surface area contributed by atoms with Crippen LogP contribution in [-0.2, 0) is 0 Å². The normalized spacial score (nSPS) is 25.1. The molecule has 0 radical (unpaired) electrons. The molecule has 2 heterocycles. The number of nitrogens with zero attached hydrogens (tertiary/aromatic N) is 2. The van der Waals surface area contributed by atoms with Gasteiger partial charge in [0.15, 0.2) is 5.69 Å². The fourth-order valence-corrected chi connectivity index (χ4v) is 2.04. The molecule has 2 fully saturated rings. The minimum absolute atomic E-state index is 0.132. The average Bonchev–Trinajstić information content (AvgIpc) is 2.86. The van der Waals surface area contributed by atoms with E-state index in [-0.39, 0.29) is 5.91 Å². The van der Waals surface area contributed by atoms with Crippen LogP contribution in [0.15, 0.2) is 10.6 Å². The number of β-amino-alcohol motifs (C(OH)–C–C–N with tert-alkyl or cyclic N) is 1. The van der Waals surface area contributed by atoms with Crippen LogP contribution in [0.1, 0.15) is 41.4 Å². The number of likely N-dealkylation sites (tertiary alicyclic amines) is 1. The quantitative estimate of drug-likeness (QED) is 0.802. The Hall–Kier alpha value is -1.36. The lowest BCUT2D eigenvalue weighted by Gasteiger charge is -2.12. The van der Waals surface area contributed by atoms with E-state index in [0.717, 1.165) is 18.6 Å². The molecule has 1 amide bonds. The van der Waals surface area contributed by atoms with Crippen LogP contribution in [0.3, 0.4) is 0 Å². The molecule has 3 rings (SSSR count). The van der Waals surface area contributed by atoms with Crippen molar-refractivity contribution in [3.05, 3.63) is 17.5 Å². The summed E-state index contributed by atoms with van der Waals surface area (Å²) in [5.74, 6) is 1.16. The molecule has 0 aromatic carbocycles. The molecule has 0 spiro atoms. The molecule has 5 nitrogen and oxygen atoms in total. The van der Waals surface area contributed by atoms with Crippen molar-refractivity contribution in [2.75, 3.05) is 13.1 Å². The first-order valence-corrected chi connectivity index (χ1v) is 5.68. The third kappa shape index (κ3) is 1.71. The van der Waals surface area contributed by atoms with Crippen molar-refractivity contribution in [3.8, 4) is 0 Å². The molecule has 5 heteroatoms. The summed E-state index contributed by atoms with van der Waals surface area (Å²) in [5.41, 5.74) is 0.371. The Bertz CT molecular complexity index is 411. The van der Waals surface area contributed by atoms with E-state index in [0.29, 0.717) is 31.1 Å². The van der Waals surface area contributed by atoms with Gasteiger partial charge in [-0.3, -0.25) is 4.79 Å². The smallest absolute Gasteiger partial charge is 0.276 e. The highest BCUT2D eigenvalue weighted by Gasteiger charge is 2.31. The number of rotatable bonds is 2. The van der Waals surface area contributed by atoms with Crippen LogP contribution < -0.4 is 0 Å². The maximum atomic E-state index is 11.9. The number of carbonyl (C=O) groups is 1. The second kappa shape index (κ2) is 3.59. The van der Waals surface area contributed by atoms with E-state index in [1.807, 2.05) is 0 Å². The number of carbonyl (C=O) groups excluding carboxylic acids is 1. The second-order valence-electron chi connectivity index (χ2n) is 4.58. The number of hydrogen-bond acceptors (Lipinski definition) is 4. The third-order valence-electron chi connectivity index (χ3n) is 3.18. The predicted octanol–water partition coefficient (Wildman–Crippen LogP) is 0.759. The van der Waals surface area contributed by atoms with Crippen LogP contribution >= 0.6 is 0 Å². The van der Waals surface area contributed by atoms with Gasteiger partial charge in [0.2, 0.25) is 0 Å². The molecule has 86 valence electrons. The van der Waals surface area contributed by atoms with Gasteiger partial charge in [0.1, 0.15) is 5.76 Å². The topological polar surface area (TPSA) is 66.6 Å². The van der Waals surface area contributed by atoms with Crippen molar-refractivity contribution >= 4 is 5.91 Å². The van der Waals surface area contributed by atoms with Gasteiger partial charge in [0.05, 0.1) is 6.10 Å². The minimum atomic E-state index is -0.390. The van der Waals surface area contributed by atoms with E-state index in [9.17, 15) is 9.90 Å². The Morgan fingerprint density at radius 2 is 2.31 bits per heavy atom. The molecule has 2 aliphatic rings. The zero-order valence-corrected chi connectivity index (χ0v) is 8.93. The van der Waals surface area contributed by atoms with E-state index < -0.39 is 6.10 Å². The van der Waals surface area contributed by atoms with Crippen molar-refractivity contribution in [1.29, 1.82) is 0 Å². The van der Waals surface area contributed by atoms with Gasteiger partial charge in [-0.15, -0.1) is 0 Å². The molecule has 1 aromatic rings. The van der Waals surface area contributed by atoms with Gasteiger partial charge in [0, 0.05) is 25.1 Å². The molecule has 1 atom stereocenters. The van der Waals surface area contributed by atoms with E-state index in [4.69, 9.17) is 4.52 Å². The highest BCUT2D eigenvalue weighted by molar-refractivity contribution is 5.92. The van der Waals surface area contributed by atoms with Crippen molar-refractivity contribution in [2.45, 2.75) is 31.3 Å². The van der Waals surface area contributed by atoms with E-state index >= 15 is 0 Å². The van der Waals surface area contributed by atoms with Gasteiger partial charge in [-0.1, -0.05) is 5.16 Å². The number of aliphatic hydroxyl groups is 1. The van der Waals surface area contributed by atoms with Gasteiger partial charge in [-0.25, -0.2) is 0 Å². The van der Waals surface area contributed by atoms with Crippen LogP contribution in [0.2, 0.25) is 0 Å². The lowest BCUT2D eigenvalue weighted by Crippen LogP contribution is -2.29. The van der Waals surface area contributed by atoms with Crippen molar-refractivity contribution < 1.29 is 14.4 Å². The van der Waals surface area contributed by atoms with Gasteiger partial charge in [-0.2, -0.15) is 0 Å². The molecule has 1 aliphatic carbocycles. The molecule has 1 aromatic heterocycles. The summed E-state index contributed by atoms with van der Waals surface area (Å²) in [6.45, 7) is 1.01. The van der Waals surface area contributed by atoms with E-state index in [1.54, 1.807) is 11.0 Å². The van der Waals surface area contributed by atoms with Gasteiger partial charge in [0.25, 0.3) is 5.91 Å². The zero-order chi connectivity index (χ0) is 11.1. The summed E-state index contributed by atoms with van der Waals surface area (Å²) in [5, 5.41) is 13.2. The Morgan fingerprint density at radius 3 is 2.94 bits per heavy atom. The Balaban J connectivity index is 1.73. The van der Waals surface area contributed by atoms with E-state index in [2.05, 4.69) is 5.16 Å². The van der Waals surface area contributed by atoms with Crippen molar-refractivity contribution in [3.63, 3.8) is 0 Å². The molecule has 1 N–H and O–H groups in total. The Morgan fingerprint density at radius 1 is 1.50 bits per heavy atom. The van der Waals surface area contributed by atoms with Crippen LogP contribution in [0.25, 0.3) is 0 Å². The maximum absolute atomic E-state index is 11.9. The van der Waals surface area contributed by atoms with Gasteiger partial charge >= 0.3 is 0 Å². The number of aromatic nitrogens is 1. The average molecular weight is 222 g/mol. The van der Waals surface area contributed by atoms with Gasteiger partial charge in [-0.05, 0) is 19.3 Å². The second-order valence-corrected chi connectivity index (χ2v) is 4.58. The maximum Gasteiger partial charge on any atom is 0.276 e. The molecule has 1 saturated carbocycles. The molecular weight excluding hydrogens is 208 g/mol. The summed E-state index contributed by atoms with van der Waals surface area (Å²) >= 11 is 0. The molecule has 16 heavy (non-hydrogen) atoms. The van der Waals surface area contributed by atoms with Crippen LogP contribution in [0.5, 0.6) is 0 Å². The minimum Gasteiger partial charge on any atom is -0.391 e. The van der Waals surface area contributed by atoms with Crippen molar-refractivity contribution in [1.82, 2.24) is 10.1 Å².